The van der Waals surface area contributed by atoms with E-state index in [1.807, 2.05) is 29.2 Å². The number of nitrogens with zero attached hydrogens (tertiary/aromatic N) is 4. The van der Waals surface area contributed by atoms with E-state index in [0.717, 1.165) is 63.7 Å². The highest BCUT2D eigenvalue weighted by molar-refractivity contribution is 6.03. The van der Waals surface area contributed by atoms with E-state index in [0.29, 0.717) is 12.4 Å². The van der Waals surface area contributed by atoms with Gasteiger partial charge in [-0.2, -0.15) is 0 Å². The van der Waals surface area contributed by atoms with Crippen molar-refractivity contribution in [2.24, 2.45) is 0 Å². The van der Waals surface area contributed by atoms with E-state index in [2.05, 4.69) is 45.8 Å². The highest BCUT2D eigenvalue weighted by atomic mass is 16.5. The van der Waals surface area contributed by atoms with Crippen LogP contribution in [0.1, 0.15) is 12.8 Å². The molecule has 178 valence electrons. The molecule has 1 atom stereocenters. The van der Waals surface area contributed by atoms with Crippen molar-refractivity contribution >= 4 is 27.8 Å². The molecule has 7 nitrogen and oxygen atoms in total. The van der Waals surface area contributed by atoms with Crippen LogP contribution in [-0.2, 0) is 4.79 Å². The Hall–Kier alpha value is -4.52. The van der Waals surface area contributed by atoms with Crippen LogP contribution in [-0.4, -0.2) is 49.9 Å². The van der Waals surface area contributed by atoms with Crippen molar-refractivity contribution in [1.82, 2.24) is 24.8 Å². The first kappa shape index (κ1) is 22.0. The average molecular weight is 476 g/mol. The second-order valence-electron chi connectivity index (χ2n) is 8.90. The lowest BCUT2D eigenvalue weighted by molar-refractivity contribution is -0.127. The number of carbonyl (C=O) groups is 1. The standard InChI is InChI=1S/C29H25N5O2/c1-2-26(35)34-15-5-7-21(34)18-36-25-17-30-14-11-22(25)28-27(29-23(33-28)8-4-13-32-29)20-10-9-19-6-3-12-31-24(19)16-20/h2-4,6,8-14,16-17,21,33H,1,5,7,15,18H2/t21-/m0/s1. The molecule has 0 unspecified atom stereocenters. The van der Waals surface area contributed by atoms with E-state index in [-0.39, 0.29) is 11.9 Å². The van der Waals surface area contributed by atoms with Crippen LogP contribution in [0.5, 0.6) is 5.75 Å². The number of aromatic nitrogens is 4. The van der Waals surface area contributed by atoms with Gasteiger partial charge in [0.05, 0.1) is 34.5 Å². The number of amides is 1. The van der Waals surface area contributed by atoms with E-state index in [1.54, 1.807) is 24.8 Å². The van der Waals surface area contributed by atoms with Gasteiger partial charge in [-0.3, -0.25) is 19.7 Å². The third-order valence-corrected chi connectivity index (χ3v) is 6.77. The lowest BCUT2D eigenvalue weighted by atomic mass is 9.99. The fourth-order valence-electron chi connectivity index (χ4n) is 5.03. The molecule has 1 N–H and O–H groups in total. The van der Waals surface area contributed by atoms with Gasteiger partial charge in [-0.1, -0.05) is 24.8 Å². The molecule has 0 spiro atoms. The van der Waals surface area contributed by atoms with Crippen molar-refractivity contribution in [3.05, 3.63) is 86.0 Å². The van der Waals surface area contributed by atoms with Gasteiger partial charge in [0.2, 0.25) is 5.91 Å². The smallest absolute Gasteiger partial charge is 0.246 e. The van der Waals surface area contributed by atoms with E-state index in [1.165, 1.54) is 6.08 Å². The van der Waals surface area contributed by atoms with Gasteiger partial charge >= 0.3 is 0 Å². The second kappa shape index (κ2) is 9.26. The number of H-pyrrole nitrogens is 1. The summed E-state index contributed by atoms with van der Waals surface area (Å²) in [5.41, 5.74) is 6.53. The minimum atomic E-state index is -0.0543. The van der Waals surface area contributed by atoms with Crippen molar-refractivity contribution < 1.29 is 9.53 Å². The van der Waals surface area contributed by atoms with Gasteiger partial charge in [0, 0.05) is 41.6 Å². The Bertz CT molecular complexity index is 1590. The molecule has 0 aliphatic carbocycles. The third-order valence-electron chi connectivity index (χ3n) is 6.77. The SMILES string of the molecule is C=CC(=O)N1CCC[C@H]1COc1cnccc1-c1[nH]c2cccnc2c1-c1ccc2cccnc2c1. The summed E-state index contributed by atoms with van der Waals surface area (Å²) < 4.78 is 6.31. The predicted octanol–water partition coefficient (Wildman–Crippen LogP) is 5.40. The first-order valence-corrected chi connectivity index (χ1v) is 12.0. The lowest BCUT2D eigenvalue weighted by Crippen LogP contribution is -2.38. The summed E-state index contributed by atoms with van der Waals surface area (Å²) in [6.45, 7) is 4.76. The van der Waals surface area contributed by atoms with Gasteiger partial charge in [0.1, 0.15) is 12.4 Å². The van der Waals surface area contributed by atoms with Gasteiger partial charge < -0.3 is 14.6 Å². The normalized spacial score (nSPS) is 15.4. The quantitative estimate of drug-likeness (QED) is 0.333. The van der Waals surface area contributed by atoms with Crippen molar-refractivity contribution in [2.75, 3.05) is 13.2 Å². The van der Waals surface area contributed by atoms with Crippen molar-refractivity contribution in [3.8, 4) is 28.1 Å². The van der Waals surface area contributed by atoms with Crippen LogP contribution in [0.25, 0.3) is 44.3 Å². The number of benzene rings is 1. The fraction of sp³-hybridized carbons (Fsp3) is 0.172. The van der Waals surface area contributed by atoms with Crippen LogP contribution in [0.3, 0.4) is 0 Å². The van der Waals surface area contributed by atoms with Crippen LogP contribution in [0, 0.1) is 0 Å². The van der Waals surface area contributed by atoms with Crippen LogP contribution in [0.2, 0.25) is 0 Å². The van der Waals surface area contributed by atoms with Crippen LogP contribution in [0.4, 0.5) is 0 Å². The Kier molecular flexibility index (Phi) is 5.65. The summed E-state index contributed by atoms with van der Waals surface area (Å²) in [5, 5.41) is 1.08. The summed E-state index contributed by atoms with van der Waals surface area (Å²) in [6.07, 6.45) is 10.3. The van der Waals surface area contributed by atoms with Crippen molar-refractivity contribution in [2.45, 2.75) is 18.9 Å². The van der Waals surface area contributed by atoms with Crippen molar-refractivity contribution in [3.63, 3.8) is 0 Å². The Morgan fingerprint density at radius 1 is 1.14 bits per heavy atom. The monoisotopic (exact) mass is 475 g/mol. The van der Waals surface area contributed by atoms with Gasteiger partial charge in [0.25, 0.3) is 0 Å². The molecule has 0 saturated carbocycles. The Morgan fingerprint density at radius 3 is 2.94 bits per heavy atom. The molecule has 1 saturated heterocycles. The summed E-state index contributed by atoms with van der Waals surface area (Å²) >= 11 is 0. The number of nitrogens with one attached hydrogen (secondary N) is 1. The predicted molar refractivity (Wildman–Crippen MR) is 140 cm³/mol. The molecule has 4 aromatic heterocycles. The van der Waals surface area contributed by atoms with Gasteiger partial charge in [0.15, 0.2) is 0 Å². The number of carbonyl (C=O) groups excluding carboxylic acids is 1. The highest BCUT2D eigenvalue weighted by Gasteiger charge is 2.28. The van der Waals surface area contributed by atoms with Gasteiger partial charge in [-0.05, 0) is 54.8 Å². The van der Waals surface area contributed by atoms with Gasteiger partial charge in [-0.25, -0.2) is 0 Å². The maximum atomic E-state index is 12.2. The van der Waals surface area contributed by atoms with E-state index in [9.17, 15) is 4.79 Å². The summed E-state index contributed by atoms with van der Waals surface area (Å²) in [7, 11) is 0. The van der Waals surface area contributed by atoms with Crippen molar-refractivity contribution in [1.29, 1.82) is 0 Å². The molecule has 5 heterocycles. The zero-order valence-corrected chi connectivity index (χ0v) is 19.7. The molecule has 7 heteroatoms. The molecule has 1 aliphatic rings. The van der Waals surface area contributed by atoms with E-state index >= 15 is 0 Å². The molecule has 6 rings (SSSR count). The minimum Gasteiger partial charge on any atom is -0.489 e. The van der Waals surface area contributed by atoms with Crippen LogP contribution < -0.4 is 4.74 Å². The highest BCUT2D eigenvalue weighted by Crippen LogP contribution is 2.41. The average Bonchev–Trinajstić information content (AvgIpc) is 3.56. The molecule has 1 aliphatic heterocycles. The van der Waals surface area contributed by atoms with E-state index in [4.69, 9.17) is 9.72 Å². The molecule has 1 fully saturated rings. The zero-order chi connectivity index (χ0) is 24.5. The summed E-state index contributed by atoms with van der Waals surface area (Å²) in [5.74, 6) is 0.600. The number of hydrogen-bond donors (Lipinski definition) is 1. The molecule has 36 heavy (non-hydrogen) atoms. The second-order valence-corrected chi connectivity index (χ2v) is 8.90. The number of hydrogen-bond acceptors (Lipinski definition) is 5. The number of ether oxygens (including phenoxy) is 1. The molecule has 0 radical (unpaired) electrons. The minimum absolute atomic E-state index is 0.0129. The Morgan fingerprint density at radius 2 is 2.03 bits per heavy atom. The first-order chi connectivity index (χ1) is 17.7. The lowest BCUT2D eigenvalue weighted by Gasteiger charge is -2.24. The number of likely N-dealkylation sites (tertiary alicyclic amines) is 1. The fourth-order valence-corrected chi connectivity index (χ4v) is 5.03. The molecule has 1 amide bonds. The Balaban J connectivity index is 1.42. The molecular formula is C29H25N5O2. The zero-order valence-electron chi connectivity index (χ0n) is 19.7. The van der Waals surface area contributed by atoms with Gasteiger partial charge in [-0.15, -0.1) is 0 Å². The molecule has 1 aromatic carbocycles. The summed E-state index contributed by atoms with van der Waals surface area (Å²) in [4.78, 5) is 31.2. The van der Waals surface area contributed by atoms with Crippen LogP contribution >= 0.6 is 0 Å². The maximum Gasteiger partial charge on any atom is 0.246 e. The third kappa shape index (κ3) is 3.88. The number of aromatic amines is 1. The topological polar surface area (TPSA) is 84.0 Å². The number of rotatable bonds is 6. The molecular weight excluding hydrogens is 450 g/mol. The maximum absolute atomic E-state index is 12.2. The van der Waals surface area contributed by atoms with Crippen LogP contribution in [0.15, 0.2) is 86.0 Å². The molecule has 5 aromatic rings. The molecule has 0 bridgehead atoms. The Labute approximate surface area is 208 Å². The number of fused-ring (bicyclic) bond motifs is 2. The number of pyridine rings is 3. The largest absolute Gasteiger partial charge is 0.489 e. The van der Waals surface area contributed by atoms with E-state index < -0.39 is 0 Å². The summed E-state index contributed by atoms with van der Waals surface area (Å²) in [6, 6.07) is 16.2. The first-order valence-electron chi connectivity index (χ1n) is 12.0.